The molecule has 1 N–H and O–H groups in total. The van der Waals surface area contributed by atoms with Crippen LogP contribution in [0.15, 0.2) is 0 Å². The molecule has 1 aliphatic carbocycles. The number of rotatable bonds is 4. The first-order valence-corrected chi connectivity index (χ1v) is 6.53. The molecule has 0 saturated heterocycles. The van der Waals surface area contributed by atoms with Crippen molar-refractivity contribution >= 4 is 12.1 Å². The van der Waals surface area contributed by atoms with Crippen LogP contribution in [0.25, 0.3) is 0 Å². The second-order valence-corrected chi connectivity index (χ2v) is 5.24. The molecule has 0 radical (unpaired) electrons. The van der Waals surface area contributed by atoms with Crippen molar-refractivity contribution in [2.24, 2.45) is 5.92 Å². The molecule has 1 aliphatic rings. The van der Waals surface area contributed by atoms with Crippen molar-refractivity contribution in [3.8, 4) is 0 Å². The number of carbonyl (C=O) groups excluding carboxylic acids is 1. The van der Waals surface area contributed by atoms with E-state index in [9.17, 15) is 9.59 Å². The molecule has 1 fully saturated rings. The molecule has 0 atom stereocenters. The van der Waals surface area contributed by atoms with Crippen LogP contribution in [0, 0.1) is 5.92 Å². The quantitative estimate of drug-likeness (QED) is 0.840. The number of carbonyl (C=O) groups is 2. The van der Waals surface area contributed by atoms with Crippen molar-refractivity contribution in [1.29, 1.82) is 0 Å². The molecule has 0 aromatic heterocycles. The Morgan fingerprint density at radius 3 is 2.22 bits per heavy atom. The highest BCUT2D eigenvalue weighted by molar-refractivity contribution is 5.68. The Kier molecular flexibility index (Phi) is 5.44. The third-order valence-corrected chi connectivity index (χ3v) is 3.61. The largest absolute Gasteiger partial charge is 0.481 e. The minimum atomic E-state index is -0.730. The van der Waals surface area contributed by atoms with E-state index >= 15 is 0 Å². The van der Waals surface area contributed by atoms with Gasteiger partial charge in [0.1, 0.15) is 0 Å². The van der Waals surface area contributed by atoms with Gasteiger partial charge in [0, 0.05) is 18.5 Å². The van der Waals surface area contributed by atoms with E-state index in [1.807, 2.05) is 13.8 Å². The zero-order valence-corrected chi connectivity index (χ0v) is 11.4. The Balaban J connectivity index is 2.54. The number of hydrogen-bond donors (Lipinski definition) is 1. The highest BCUT2D eigenvalue weighted by atomic mass is 16.5. The molecule has 104 valence electrons. The van der Waals surface area contributed by atoms with Crippen molar-refractivity contribution in [1.82, 2.24) is 4.90 Å². The van der Waals surface area contributed by atoms with Gasteiger partial charge in [0.25, 0.3) is 0 Å². The number of amides is 1. The maximum Gasteiger partial charge on any atom is 0.409 e. The fourth-order valence-corrected chi connectivity index (χ4v) is 2.76. The molecule has 5 heteroatoms. The minimum absolute atomic E-state index is 0.110. The van der Waals surface area contributed by atoms with Crippen LogP contribution in [0.2, 0.25) is 0 Å². The van der Waals surface area contributed by atoms with Gasteiger partial charge in [0.05, 0.1) is 7.11 Å². The van der Waals surface area contributed by atoms with E-state index in [2.05, 4.69) is 0 Å². The maximum absolute atomic E-state index is 11.7. The van der Waals surface area contributed by atoms with Gasteiger partial charge >= 0.3 is 12.1 Å². The summed E-state index contributed by atoms with van der Waals surface area (Å²) in [5, 5.41) is 8.77. The van der Waals surface area contributed by atoms with Crippen LogP contribution in [0.1, 0.15) is 46.0 Å². The van der Waals surface area contributed by atoms with Crippen LogP contribution < -0.4 is 0 Å². The first kappa shape index (κ1) is 14.8. The van der Waals surface area contributed by atoms with E-state index < -0.39 is 5.97 Å². The third-order valence-electron chi connectivity index (χ3n) is 3.61. The van der Waals surface area contributed by atoms with Gasteiger partial charge in [-0.1, -0.05) is 0 Å². The van der Waals surface area contributed by atoms with Gasteiger partial charge in [-0.05, 0) is 45.4 Å². The zero-order chi connectivity index (χ0) is 13.7. The van der Waals surface area contributed by atoms with Gasteiger partial charge in [0.15, 0.2) is 0 Å². The summed E-state index contributed by atoms with van der Waals surface area (Å²) in [5.41, 5.74) is 0. The summed E-state index contributed by atoms with van der Waals surface area (Å²) < 4.78 is 4.81. The number of methoxy groups -OCH3 is 1. The van der Waals surface area contributed by atoms with Crippen molar-refractivity contribution in [2.45, 2.75) is 58.0 Å². The van der Waals surface area contributed by atoms with Gasteiger partial charge in [-0.25, -0.2) is 4.79 Å². The molecule has 0 aromatic carbocycles. The highest BCUT2D eigenvalue weighted by Gasteiger charge is 2.31. The fraction of sp³-hybridized carbons (Fsp3) is 0.846. The van der Waals surface area contributed by atoms with Gasteiger partial charge in [-0.3, -0.25) is 4.79 Å². The Morgan fingerprint density at radius 1 is 1.28 bits per heavy atom. The summed E-state index contributed by atoms with van der Waals surface area (Å²) in [5.74, 6) is -0.474. The van der Waals surface area contributed by atoms with Crippen LogP contribution in [0.5, 0.6) is 0 Å². The Hall–Kier alpha value is -1.26. The molecule has 0 unspecified atom stereocenters. The number of aliphatic carboxylic acids is 1. The third kappa shape index (κ3) is 3.89. The normalized spacial score (nSPS) is 23.8. The standard InChI is InChI=1S/C13H23NO4/c1-9(2)14(13(17)18-3)11-6-4-10(5-7-11)8-12(15)16/h9-11H,4-8H2,1-3H3,(H,15,16). The molecule has 5 nitrogen and oxygen atoms in total. The average molecular weight is 257 g/mol. The first-order valence-electron chi connectivity index (χ1n) is 6.53. The molecule has 0 heterocycles. The molecular weight excluding hydrogens is 234 g/mol. The lowest BCUT2D eigenvalue weighted by atomic mass is 9.83. The molecule has 0 aliphatic heterocycles. The van der Waals surface area contributed by atoms with Crippen molar-refractivity contribution in [2.75, 3.05) is 7.11 Å². The van der Waals surface area contributed by atoms with E-state index in [4.69, 9.17) is 9.84 Å². The van der Waals surface area contributed by atoms with E-state index in [0.29, 0.717) is 0 Å². The summed E-state index contributed by atoms with van der Waals surface area (Å²) in [6.07, 6.45) is 3.43. The first-order chi connectivity index (χ1) is 8.45. The minimum Gasteiger partial charge on any atom is -0.481 e. The predicted molar refractivity (Wildman–Crippen MR) is 67.4 cm³/mol. The lowest BCUT2D eigenvalue weighted by Gasteiger charge is -2.38. The van der Waals surface area contributed by atoms with E-state index in [-0.39, 0.29) is 30.5 Å². The Bertz CT molecular complexity index is 295. The van der Waals surface area contributed by atoms with Crippen LogP contribution in [0.4, 0.5) is 4.79 Å². The molecule has 18 heavy (non-hydrogen) atoms. The van der Waals surface area contributed by atoms with E-state index in [1.165, 1.54) is 7.11 Å². The number of carboxylic acids is 1. The smallest absolute Gasteiger partial charge is 0.409 e. The number of nitrogens with zero attached hydrogens (tertiary/aromatic N) is 1. The van der Waals surface area contributed by atoms with Crippen LogP contribution in [-0.2, 0) is 9.53 Å². The summed E-state index contributed by atoms with van der Waals surface area (Å²) in [6, 6.07) is 0.293. The second-order valence-electron chi connectivity index (χ2n) is 5.24. The number of ether oxygens (including phenoxy) is 1. The zero-order valence-electron chi connectivity index (χ0n) is 11.4. The fourth-order valence-electron chi connectivity index (χ4n) is 2.76. The lowest BCUT2D eigenvalue weighted by molar-refractivity contribution is -0.138. The summed E-state index contributed by atoms with van der Waals surface area (Å²) in [7, 11) is 1.40. The van der Waals surface area contributed by atoms with Crippen LogP contribution in [0.3, 0.4) is 0 Å². The van der Waals surface area contributed by atoms with E-state index in [1.54, 1.807) is 4.90 Å². The maximum atomic E-state index is 11.7. The van der Waals surface area contributed by atoms with Gasteiger partial charge < -0.3 is 14.7 Å². The van der Waals surface area contributed by atoms with Crippen LogP contribution >= 0.6 is 0 Å². The summed E-state index contributed by atoms with van der Waals surface area (Å²) in [4.78, 5) is 24.2. The molecule has 1 amide bonds. The molecule has 1 rings (SSSR count). The van der Waals surface area contributed by atoms with Gasteiger partial charge in [0.2, 0.25) is 0 Å². The van der Waals surface area contributed by atoms with Crippen molar-refractivity contribution in [3.63, 3.8) is 0 Å². The molecule has 1 saturated carbocycles. The Labute approximate surface area is 108 Å². The molecular formula is C13H23NO4. The second kappa shape index (κ2) is 6.61. The number of carboxylic acid groups (broad SMARTS) is 1. The van der Waals surface area contributed by atoms with Gasteiger partial charge in [-0.2, -0.15) is 0 Å². The van der Waals surface area contributed by atoms with Crippen LogP contribution in [-0.4, -0.2) is 41.3 Å². The molecule has 0 aromatic rings. The summed E-state index contributed by atoms with van der Waals surface area (Å²) >= 11 is 0. The number of hydrogen-bond acceptors (Lipinski definition) is 3. The predicted octanol–water partition coefficient (Wildman–Crippen LogP) is 2.50. The van der Waals surface area contributed by atoms with E-state index in [0.717, 1.165) is 25.7 Å². The van der Waals surface area contributed by atoms with Crippen molar-refractivity contribution < 1.29 is 19.4 Å². The summed E-state index contributed by atoms with van der Waals surface area (Å²) in [6.45, 7) is 3.94. The van der Waals surface area contributed by atoms with Gasteiger partial charge in [-0.15, -0.1) is 0 Å². The molecule has 0 spiro atoms. The van der Waals surface area contributed by atoms with Crippen molar-refractivity contribution in [3.05, 3.63) is 0 Å². The average Bonchev–Trinajstić information content (AvgIpc) is 2.30. The topological polar surface area (TPSA) is 66.8 Å². The molecule has 0 bridgehead atoms. The Morgan fingerprint density at radius 2 is 1.83 bits per heavy atom. The highest BCUT2D eigenvalue weighted by Crippen LogP contribution is 2.30. The monoisotopic (exact) mass is 257 g/mol. The lowest BCUT2D eigenvalue weighted by Crippen LogP contribution is -2.46. The SMILES string of the molecule is COC(=O)N(C(C)C)C1CCC(CC(=O)O)CC1.